The average Bonchev–Trinajstić information content (AvgIpc) is 2.38. The number of hydrogen-bond donors (Lipinski definition) is 1. The summed E-state index contributed by atoms with van der Waals surface area (Å²) in [6.07, 6.45) is 0. The number of ether oxygens (including phenoxy) is 1. The van der Waals surface area contributed by atoms with Crippen molar-refractivity contribution in [1.29, 1.82) is 0 Å². The highest BCUT2D eigenvalue weighted by atomic mass is 35.5. The highest BCUT2D eigenvalue weighted by Crippen LogP contribution is 2.28. The SMILES string of the molecule is COc1ccc(Cl)cc1NCc1ccc(C)cc1C. The molecule has 0 saturated heterocycles. The summed E-state index contributed by atoms with van der Waals surface area (Å²) in [4.78, 5) is 0. The summed E-state index contributed by atoms with van der Waals surface area (Å²) in [5, 5.41) is 4.07. The van der Waals surface area contributed by atoms with Gasteiger partial charge in [-0.25, -0.2) is 0 Å². The lowest BCUT2D eigenvalue weighted by Crippen LogP contribution is -2.03. The number of hydrogen-bond acceptors (Lipinski definition) is 2. The van der Waals surface area contributed by atoms with Crippen molar-refractivity contribution in [2.75, 3.05) is 12.4 Å². The molecular formula is C16H18ClNO. The maximum absolute atomic E-state index is 6.01. The van der Waals surface area contributed by atoms with Crippen LogP contribution in [0, 0.1) is 13.8 Å². The number of benzene rings is 2. The molecule has 0 atom stereocenters. The van der Waals surface area contributed by atoms with Crippen LogP contribution < -0.4 is 10.1 Å². The van der Waals surface area contributed by atoms with Crippen LogP contribution in [0.2, 0.25) is 5.02 Å². The minimum atomic E-state index is 0.698. The van der Waals surface area contributed by atoms with Gasteiger partial charge in [-0.3, -0.25) is 0 Å². The molecule has 3 heteroatoms. The van der Waals surface area contributed by atoms with Crippen LogP contribution in [-0.2, 0) is 6.54 Å². The van der Waals surface area contributed by atoms with E-state index in [1.807, 2.05) is 18.2 Å². The van der Waals surface area contributed by atoms with Crippen LogP contribution in [0.25, 0.3) is 0 Å². The van der Waals surface area contributed by atoms with E-state index >= 15 is 0 Å². The van der Waals surface area contributed by atoms with Crippen LogP contribution in [0.5, 0.6) is 5.75 Å². The Kier molecular flexibility index (Phi) is 4.33. The molecule has 2 aromatic carbocycles. The molecule has 19 heavy (non-hydrogen) atoms. The first-order valence-corrected chi connectivity index (χ1v) is 6.61. The van der Waals surface area contributed by atoms with Crippen molar-refractivity contribution in [2.45, 2.75) is 20.4 Å². The Balaban J connectivity index is 2.16. The third kappa shape index (κ3) is 3.42. The quantitative estimate of drug-likeness (QED) is 0.882. The molecule has 0 fully saturated rings. The Bertz CT molecular complexity index is 581. The Morgan fingerprint density at radius 3 is 2.58 bits per heavy atom. The van der Waals surface area contributed by atoms with Crippen molar-refractivity contribution >= 4 is 17.3 Å². The highest BCUT2D eigenvalue weighted by Gasteiger charge is 2.04. The molecule has 2 rings (SSSR count). The molecule has 0 aliphatic rings. The van der Waals surface area contributed by atoms with E-state index < -0.39 is 0 Å². The second kappa shape index (κ2) is 5.98. The van der Waals surface area contributed by atoms with Crippen LogP contribution in [0.4, 0.5) is 5.69 Å². The van der Waals surface area contributed by atoms with Gasteiger partial charge in [0.1, 0.15) is 5.75 Å². The molecular weight excluding hydrogens is 258 g/mol. The zero-order chi connectivity index (χ0) is 13.8. The van der Waals surface area contributed by atoms with Gasteiger partial charge in [-0.1, -0.05) is 35.4 Å². The molecule has 0 saturated carbocycles. The largest absolute Gasteiger partial charge is 0.495 e. The molecule has 2 aromatic rings. The summed E-state index contributed by atoms with van der Waals surface area (Å²) in [5.74, 6) is 0.800. The molecule has 1 N–H and O–H groups in total. The molecule has 0 bridgehead atoms. The van der Waals surface area contributed by atoms with Crippen molar-refractivity contribution in [1.82, 2.24) is 0 Å². The standard InChI is InChI=1S/C16H18ClNO/c1-11-4-5-13(12(2)8-11)10-18-15-9-14(17)6-7-16(15)19-3/h4-9,18H,10H2,1-3H3. The van der Waals surface area contributed by atoms with Gasteiger partial charge in [0.2, 0.25) is 0 Å². The second-order valence-corrected chi connectivity index (χ2v) is 5.06. The first-order chi connectivity index (χ1) is 9.10. The predicted molar refractivity (Wildman–Crippen MR) is 81.2 cm³/mol. The summed E-state index contributed by atoms with van der Waals surface area (Å²) >= 11 is 6.01. The summed E-state index contributed by atoms with van der Waals surface area (Å²) in [6, 6.07) is 12.0. The van der Waals surface area contributed by atoms with Gasteiger partial charge in [0.25, 0.3) is 0 Å². The summed E-state index contributed by atoms with van der Waals surface area (Å²) in [5.41, 5.74) is 4.75. The number of aryl methyl sites for hydroxylation is 2. The number of methoxy groups -OCH3 is 1. The predicted octanol–water partition coefficient (Wildman–Crippen LogP) is 4.58. The van der Waals surface area contributed by atoms with Gasteiger partial charge in [-0.2, -0.15) is 0 Å². The first-order valence-electron chi connectivity index (χ1n) is 6.23. The van der Waals surface area contributed by atoms with Crippen molar-refractivity contribution < 1.29 is 4.74 Å². The smallest absolute Gasteiger partial charge is 0.142 e. The summed E-state index contributed by atoms with van der Waals surface area (Å²) in [6.45, 7) is 4.98. The van der Waals surface area contributed by atoms with E-state index in [1.54, 1.807) is 7.11 Å². The third-order valence-corrected chi connectivity index (χ3v) is 3.36. The summed E-state index contributed by atoms with van der Waals surface area (Å²) < 4.78 is 5.32. The molecule has 0 aliphatic heterocycles. The van der Waals surface area contributed by atoms with E-state index in [9.17, 15) is 0 Å². The van der Waals surface area contributed by atoms with Gasteiger partial charge in [0.05, 0.1) is 12.8 Å². The molecule has 0 aliphatic carbocycles. The van der Waals surface area contributed by atoms with E-state index in [4.69, 9.17) is 16.3 Å². The first kappa shape index (κ1) is 13.8. The molecule has 0 unspecified atom stereocenters. The molecule has 0 amide bonds. The number of anilines is 1. The van der Waals surface area contributed by atoms with Crippen molar-refractivity contribution in [3.63, 3.8) is 0 Å². The monoisotopic (exact) mass is 275 g/mol. The normalized spacial score (nSPS) is 10.3. The Morgan fingerprint density at radius 2 is 1.89 bits per heavy atom. The summed E-state index contributed by atoms with van der Waals surface area (Å²) in [7, 11) is 1.66. The fourth-order valence-electron chi connectivity index (χ4n) is 2.05. The third-order valence-electron chi connectivity index (χ3n) is 3.13. The van der Waals surface area contributed by atoms with Gasteiger partial charge in [-0.05, 0) is 43.2 Å². The second-order valence-electron chi connectivity index (χ2n) is 4.63. The zero-order valence-corrected chi connectivity index (χ0v) is 12.2. The molecule has 0 heterocycles. The fourth-order valence-corrected chi connectivity index (χ4v) is 2.23. The van der Waals surface area contributed by atoms with Crippen LogP contribution >= 0.6 is 11.6 Å². The maximum atomic E-state index is 6.01. The van der Waals surface area contributed by atoms with Crippen LogP contribution in [-0.4, -0.2) is 7.11 Å². The van der Waals surface area contributed by atoms with Gasteiger partial charge < -0.3 is 10.1 Å². The van der Waals surface area contributed by atoms with E-state index in [-0.39, 0.29) is 0 Å². The highest BCUT2D eigenvalue weighted by molar-refractivity contribution is 6.30. The molecule has 0 aromatic heterocycles. The van der Waals surface area contributed by atoms with E-state index in [2.05, 4.69) is 37.4 Å². The Morgan fingerprint density at radius 1 is 1.11 bits per heavy atom. The molecule has 2 nitrogen and oxygen atoms in total. The topological polar surface area (TPSA) is 21.3 Å². The van der Waals surface area contributed by atoms with Gasteiger partial charge in [0.15, 0.2) is 0 Å². The number of halogens is 1. The Hall–Kier alpha value is -1.67. The lowest BCUT2D eigenvalue weighted by Gasteiger charge is -2.13. The van der Waals surface area contributed by atoms with Crippen LogP contribution in [0.1, 0.15) is 16.7 Å². The average molecular weight is 276 g/mol. The molecule has 0 spiro atoms. The van der Waals surface area contributed by atoms with Crippen LogP contribution in [0.3, 0.4) is 0 Å². The lowest BCUT2D eigenvalue weighted by atomic mass is 10.1. The van der Waals surface area contributed by atoms with Gasteiger partial charge >= 0.3 is 0 Å². The minimum absolute atomic E-state index is 0.698. The van der Waals surface area contributed by atoms with Gasteiger partial charge in [0, 0.05) is 11.6 Å². The zero-order valence-electron chi connectivity index (χ0n) is 11.5. The lowest BCUT2D eigenvalue weighted by molar-refractivity contribution is 0.416. The van der Waals surface area contributed by atoms with Crippen molar-refractivity contribution in [3.8, 4) is 5.75 Å². The Labute approximate surface area is 119 Å². The van der Waals surface area contributed by atoms with Crippen LogP contribution in [0.15, 0.2) is 36.4 Å². The van der Waals surface area contributed by atoms with E-state index in [1.165, 1.54) is 16.7 Å². The van der Waals surface area contributed by atoms with Gasteiger partial charge in [-0.15, -0.1) is 0 Å². The minimum Gasteiger partial charge on any atom is -0.495 e. The maximum Gasteiger partial charge on any atom is 0.142 e. The van der Waals surface area contributed by atoms with E-state index in [0.29, 0.717) is 5.02 Å². The fraction of sp³-hybridized carbons (Fsp3) is 0.250. The van der Waals surface area contributed by atoms with Crippen molar-refractivity contribution in [2.24, 2.45) is 0 Å². The van der Waals surface area contributed by atoms with E-state index in [0.717, 1.165) is 18.0 Å². The number of nitrogens with one attached hydrogen (secondary N) is 1. The molecule has 0 radical (unpaired) electrons. The molecule has 100 valence electrons. The number of rotatable bonds is 4. The van der Waals surface area contributed by atoms with Crippen molar-refractivity contribution in [3.05, 3.63) is 58.1 Å².